The molecule has 3 rings (SSSR count). The molecule has 2 aromatic rings. The average Bonchev–Trinajstić information content (AvgIpc) is 2.74. The van der Waals surface area contributed by atoms with Crippen molar-refractivity contribution < 1.29 is 14.3 Å². The number of rotatable bonds is 9. The first-order chi connectivity index (χ1) is 13.8. The number of nitrogens with one attached hydrogen (secondary N) is 1. The van der Waals surface area contributed by atoms with Crippen LogP contribution in [0.5, 0.6) is 5.75 Å². The molecular weight excluding hydrogens is 374 g/mol. The number of benzene rings is 1. The van der Waals surface area contributed by atoms with Crippen LogP contribution < -0.4 is 10.1 Å². The number of amides is 1. The molecule has 1 heterocycles. The summed E-state index contributed by atoms with van der Waals surface area (Å²) in [5.41, 5.74) is 0.577. The zero-order valence-electron chi connectivity index (χ0n) is 16.2. The van der Waals surface area contributed by atoms with E-state index in [1.54, 1.807) is 30.2 Å². The van der Waals surface area contributed by atoms with E-state index >= 15 is 0 Å². The summed E-state index contributed by atoms with van der Waals surface area (Å²) in [6.45, 7) is 3.55. The first-order valence-electron chi connectivity index (χ1n) is 9.80. The lowest BCUT2D eigenvalue weighted by Crippen LogP contribution is -2.38. The molecule has 0 atom stereocenters. The lowest BCUT2D eigenvalue weighted by molar-refractivity contribution is 0.0912. The monoisotopic (exact) mass is 401 g/mol. The van der Waals surface area contributed by atoms with Crippen LogP contribution in [0.3, 0.4) is 0 Å². The highest BCUT2D eigenvalue weighted by atomic mass is 32.2. The smallest absolute Gasteiger partial charge is 0.255 e. The summed E-state index contributed by atoms with van der Waals surface area (Å²) in [5.74, 6) is 0.527. The van der Waals surface area contributed by atoms with Crippen LogP contribution in [0.15, 0.2) is 47.9 Å². The van der Waals surface area contributed by atoms with Gasteiger partial charge in [-0.1, -0.05) is 23.9 Å². The summed E-state index contributed by atoms with van der Waals surface area (Å²) in [6.07, 6.45) is 7.55. The third-order valence-corrected chi connectivity index (χ3v) is 5.87. The largest absolute Gasteiger partial charge is 0.490 e. The molecule has 1 saturated carbocycles. The third-order valence-electron chi connectivity index (χ3n) is 4.64. The summed E-state index contributed by atoms with van der Waals surface area (Å²) in [6, 6.07) is 9.39. The summed E-state index contributed by atoms with van der Waals surface area (Å²) < 4.78 is 11.0. The second kappa shape index (κ2) is 11.0. The minimum absolute atomic E-state index is 0.0745. The van der Waals surface area contributed by atoms with E-state index in [-0.39, 0.29) is 11.9 Å². The van der Waals surface area contributed by atoms with E-state index < -0.39 is 0 Å². The van der Waals surface area contributed by atoms with Gasteiger partial charge in [0.15, 0.2) is 5.16 Å². The molecule has 0 unspecified atom stereocenters. The molecule has 1 aromatic heterocycles. The van der Waals surface area contributed by atoms with Gasteiger partial charge in [-0.3, -0.25) is 4.79 Å². The van der Waals surface area contributed by atoms with Crippen LogP contribution in [-0.2, 0) is 4.74 Å². The molecule has 1 amide bonds. The number of para-hydroxylation sites is 1. The quantitative estimate of drug-likeness (QED) is 0.510. The van der Waals surface area contributed by atoms with E-state index in [2.05, 4.69) is 15.3 Å². The second-order valence-electron chi connectivity index (χ2n) is 6.64. The van der Waals surface area contributed by atoms with Crippen LogP contribution in [-0.4, -0.2) is 47.0 Å². The van der Waals surface area contributed by atoms with Gasteiger partial charge in [0.2, 0.25) is 0 Å². The molecule has 0 aliphatic heterocycles. The Morgan fingerprint density at radius 2 is 1.86 bits per heavy atom. The van der Waals surface area contributed by atoms with Crippen molar-refractivity contribution in [1.82, 2.24) is 15.3 Å². The normalized spacial score (nSPS) is 19.2. The van der Waals surface area contributed by atoms with E-state index in [4.69, 9.17) is 9.47 Å². The summed E-state index contributed by atoms with van der Waals surface area (Å²) >= 11 is 1.73. The van der Waals surface area contributed by atoms with Crippen LogP contribution in [0.25, 0.3) is 0 Å². The van der Waals surface area contributed by atoms with Crippen LogP contribution in [0.2, 0.25) is 0 Å². The lowest BCUT2D eigenvalue weighted by atomic mass is 9.94. The summed E-state index contributed by atoms with van der Waals surface area (Å²) in [4.78, 5) is 21.3. The Hall–Kier alpha value is -2.12. The van der Waals surface area contributed by atoms with Crippen molar-refractivity contribution in [2.24, 2.45) is 0 Å². The van der Waals surface area contributed by atoms with Crippen molar-refractivity contribution in [1.29, 1.82) is 0 Å². The number of hydrogen-bond acceptors (Lipinski definition) is 6. The number of hydrogen-bond donors (Lipinski definition) is 1. The standard InChI is InChI=1S/C21H27N3O3S/c1-2-26-14-15-27-19-7-4-3-6-18(19)20(25)24-16-8-10-17(11-9-16)28-21-22-12-5-13-23-21/h3-7,12-13,16-17H,2,8-11,14-15H2,1H3,(H,24,25). The Labute approximate surface area is 170 Å². The summed E-state index contributed by atoms with van der Waals surface area (Å²) in [7, 11) is 0. The molecule has 1 aliphatic rings. The first kappa shape index (κ1) is 20.6. The Morgan fingerprint density at radius 3 is 2.61 bits per heavy atom. The number of carbonyl (C=O) groups excluding carboxylic acids is 1. The molecule has 1 N–H and O–H groups in total. The van der Waals surface area contributed by atoms with Gasteiger partial charge in [0.05, 0.1) is 12.2 Å². The van der Waals surface area contributed by atoms with E-state index in [9.17, 15) is 4.79 Å². The van der Waals surface area contributed by atoms with Gasteiger partial charge in [0.1, 0.15) is 12.4 Å². The molecule has 0 saturated heterocycles. The van der Waals surface area contributed by atoms with Crippen LogP contribution in [0, 0.1) is 0 Å². The molecule has 0 spiro atoms. The van der Waals surface area contributed by atoms with Crippen LogP contribution in [0.4, 0.5) is 0 Å². The van der Waals surface area contributed by atoms with E-state index in [0.717, 1.165) is 30.8 Å². The molecule has 7 heteroatoms. The molecule has 28 heavy (non-hydrogen) atoms. The number of aromatic nitrogens is 2. The average molecular weight is 402 g/mol. The van der Waals surface area contributed by atoms with Gasteiger partial charge in [-0.15, -0.1) is 0 Å². The fraction of sp³-hybridized carbons (Fsp3) is 0.476. The molecule has 1 aromatic carbocycles. The molecule has 0 bridgehead atoms. The molecule has 1 aliphatic carbocycles. The van der Waals surface area contributed by atoms with Crippen molar-refractivity contribution in [2.75, 3.05) is 19.8 Å². The number of carbonyl (C=O) groups is 1. The predicted octanol–water partition coefficient (Wildman–Crippen LogP) is 3.73. The summed E-state index contributed by atoms with van der Waals surface area (Å²) in [5, 5.41) is 4.50. The maximum Gasteiger partial charge on any atom is 0.255 e. The lowest BCUT2D eigenvalue weighted by Gasteiger charge is -2.28. The van der Waals surface area contributed by atoms with Gasteiger partial charge in [0, 0.05) is 30.3 Å². The van der Waals surface area contributed by atoms with Crippen molar-refractivity contribution in [3.05, 3.63) is 48.3 Å². The van der Waals surface area contributed by atoms with E-state index in [1.165, 1.54) is 0 Å². The van der Waals surface area contributed by atoms with Crippen molar-refractivity contribution in [2.45, 2.75) is 49.1 Å². The predicted molar refractivity (Wildman–Crippen MR) is 110 cm³/mol. The fourth-order valence-electron chi connectivity index (χ4n) is 3.22. The third kappa shape index (κ3) is 6.21. The second-order valence-corrected chi connectivity index (χ2v) is 7.91. The van der Waals surface area contributed by atoms with Gasteiger partial charge in [-0.05, 0) is 50.8 Å². The highest BCUT2D eigenvalue weighted by Gasteiger charge is 2.25. The number of ether oxygens (including phenoxy) is 2. The highest BCUT2D eigenvalue weighted by molar-refractivity contribution is 7.99. The first-order valence-corrected chi connectivity index (χ1v) is 10.7. The van der Waals surface area contributed by atoms with Crippen LogP contribution in [0.1, 0.15) is 43.0 Å². The van der Waals surface area contributed by atoms with Gasteiger partial charge in [-0.2, -0.15) is 0 Å². The van der Waals surface area contributed by atoms with E-state index in [0.29, 0.717) is 36.4 Å². The number of thioether (sulfide) groups is 1. The number of nitrogens with zero attached hydrogens (tertiary/aromatic N) is 2. The minimum Gasteiger partial charge on any atom is -0.490 e. The van der Waals surface area contributed by atoms with Gasteiger partial charge in [-0.25, -0.2) is 9.97 Å². The van der Waals surface area contributed by atoms with Crippen molar-refractivity contribution in [3.63, 3.8) is 0 Å². The Kier molecular flexibility index (Phi) is 8.11. The van der Waals surface area contributed by atoms with Crippen molar-refractivity contribution >= 4 is 17.7 Å². The van der Waals surface area contributed by atoms with E-state index in [1.807, 2.05) is 31.2 Å². The maximum atomic E-state index is 12.7. The highest BCUT2D eigenvalue weighted by Crippen LogP contribution is 2.32. The van der Waals surface area contributed by atoms with Gasteiger partial charge in [0.25, 0.3) is 5.91 Å². The van der Waals surface area contributed by atoms with Gasteiger partial charge < -0.3 is 14.8 Å². The molecular formula is C21H27N3O3S. The Morgan fingerprint density at radius 1 is 1.11 bits per heavy atom. The minimum atomic E-state index is -0.0745. The molecule has 6 nitrogen and oxygen atoms in total. The SMILES string of the molecule is CCOCCOc1ccccc1C(=O)NC1CCC(Sc2ncccn2)CC1. The topological polar surface area (TPSA) is 73.3 Å². The fourth-order valence-corrected chi connectivity index (χ4v) is 4.27. The molecule has 1 fully saturated rings. The molecule has 150 valence electrons. The van der Waals surface area contributed by atoms with Crippen LogP contribution >= 0.6 is 11.8 Å². The Bertz CT molecular complexity index is 737. The zero-order chi connectivity index (χ0) is 19.6. The Balaban J connectivity index is 1.48. The maximum absolute atomic E-state index is 12.7. The zero-order valence-corrected chi connectivity index (χ0v) is 17.0. The molecule has 0 radical (unpaired) electrons. The van der Waals surface area contributed by atoms with Crippen molar-refractivity contribution in [3.8, 4) is 5.75 Å². The van der Waals surface area contributed by atoms with Gasteiger partial charge >= 0.3 is 0 Å².